The van der Waals surface area contributed by atoms with Gasteiger partial charge in [-0.3, -0.25) is 9.48 Å². The van der Waals surface area contributed by atoms with E-state index in [4.69, 9.17) is 4.42 Å². The number of aromatic nitrogens is 4. The molecule has 1 saturated heterocycles. The predicted molar refractivity (Wildman–Crippen MR) is 102 cm³/mol. The van der Waals surface area contributed by atoms with Gasteiger partial charge in [0, 0.05) is 39.4 Å². The van der Waals surface area contributed by atoms with E-state index in [0.717, 1.165) is 11.8 Å². The summed E-state index contributed by atoms with van der Waals surface area (Å²) in [5, 5.41) is 11.1. The van der Waals surface area contributed by atoms with Gasteiger partial charge in [0.05, 0.1) is 16.6 Å². The Kier molecular flexibility index (Phi) is 5.81. The molecule has 0 spiro atoms. The highest BCUT2D eigenvalue weighted by molar-refractivity contribution is 7.99. The number of hydrogen-bond donors (Lipinski definition) is 0. The van der Waals surface area contributed by atoms with Crippen LogP contribution in [0, 0.1) is 0 Å². The SMILES string of the molecule is Cn1cc(-c2nnc(SCC(=O)N3CCN(S(=O)(=O)C4CC4)CC3)o2)c(C(F)F)n1. The first-order valence-electron chi connectivity index (χ1n) is 9.31. The van der Waals surface area contributed by atoms with E-state index in [1.807, 2.05) is 0 Å². The zero-order valence-electron chi connectivity index (χ0n) is 16.1. The molecule has 0 radical (unpaired) electrons. The van der Waals surface area contributed by atoms with Gasteiger partial charge in [0.15, 0.2) is 0 Å². The molecule has 4 rings (SSSR count). The Labute approximate surface area is 175 Å². The molecule has 30 heavy (non-hydrogen) atoms. The van der Waals surface area contributed by atoms with Gasteiger partial charge in [-0.25, -0.2) is 17.2 Å². The minimum Gasteiger partial charge on any atom is -0.411 e. The summed E-state index contributed by atoms with van der Waals surface area (Å²) < 4.78 is 58.8. The van der Waals surface area contributed by atoms with E-state index >= 15 is 0 Å². The van der Waals surface area contributed by atoms with Crippen LogP contribution in [-0.4, -0.2) is 80.7 Å². The van der Waals surface area contributed by atoms with Gasteiger partial charge in [-0.1, -0.05) is 11.8 Å². The second-order valence-electron chi connectivity index (χ2n) is 7.09. The van der Waals surface area contributed by atoms with Gasteiger partial charge in [-0.05, 0) is 12.8 Å². The quantitative estimate of drug-likeness (QED) is 0.563. The average Bonchev–Trinajstić information content (AvgIpc) is 3.36. The van der Waals surface area contributed by atoms with Gasteiger partial charge in [0.25, 0.3) is 17.5 Å². The molecule has 2 aliphatic rings. The number of halogens is 2. The number of hydrogen-bond acceptors (Lipinski definition) is 8. The molecule has 1 aliphatic carbocycles. The number of sulfonamides is 1. The van der Waals surface area contributed by atoms with Crippen molar-refractivity contribution in [3.63, 3.8) is 0 Å². The highest BCUT2D eigenvalue weighted by atomic mass is 32.2. The fraction of sp³-hybridized carbons (Fsp3) is 0.625. The van der Waals surface area contributed by atoms with E-state index < -0.39 is 22.1 Å². The van der Waals surface area contributed by atoms with E-state index in [-0.39, 0.29) is 46.7 Å². The van der Waals surface area contributed by atoms with Crippen molar-refractivity contribution in [3.8, 4) is 11.5 Å². The Balaban J connectivity index is 1.31. The van der Waals surface area contributed by atoms with Crippen LogP contribution < -0.4 is 0 Å². The second-order valence-corrected chi connectivity index (χ2v) is 10.2. The molecule has 1 amide bonds. The van der Waals surface area contributed by atoms with Crippen LogP contribution in [0.15, 0.2) is 15.8 Å². The van der Waals surface area contributed by atoms with Crippen molar-refractivity contribution in [1.82, 2.24) is 29.2 Å². The average molecular weight is 463 g/mol. The minimum absolute atomic E-state index is 0.0196. The zero-order chi connectivity index (χ0) is 21.5. The van der Waals surface area contributed by atoms with Gasteiger partial charge in [0.1, 0.15) is 5.69 Å². The maximum atomic E-state index is 13.1. The maximum absolute atomic E-state index is 13.1. The number of aryl methyl sites for hydroxylation is 1. The molecule has 0 N–H and O–H groups in total. The third kappa shape index (κ3) is 4.34. The van der Waals surface area contributed by atoms with Crippen molar-refractivity contribution < 1.29 is 26.4 Å². The van der Waals surface area contributed by atoms with Crippen LogP contribution >= 0.6 is 11.8 Å². The molecular weight excluding hydrogens is 442 g/mol. The van der Waals surface area contributed by atoms with Crippen LogP contribution in [0.5, 0.6) is 0 Å². The van der Waals surface area contributed by atoms with Crippen LogP contribution in [0.3, 0.4) is 0 Å². The largest absolute Gasteiger partial charge is 0.411 e. The summed E-state index contributed by atoms with van der Waals surface area (Å²) in [4.78, 5) is 14.0. The highest BCUT2D eigenvalue weighted by Gasteiger charge is 2.41. The van der Waals surface area contributed by atoms with Crippen molar-refractivity contribution in [2.24, 2.45) is 7.05 Å². The van der Waals surface area contributed by atoms with Gasteiger partial charge < -0.3 is 9.32 Å². The van der Waals surface area contributed by atoms with Crippen molar-refractivity contribution in [3.05, 3.63) is 11.9 Å². The molecule has 3 heterocycles. The lowest BCUT2D eigenvalue weighted by molar-refractivity contribution is -0.129. The molecule has 1 aliphatic heterocycles. The summed E-state index contributed by atoms with van der Waals surface area (Å²) in [6.45, 7) is 1.23. The predicted octanol–water partition coefficient (Wildman–Crippen LogP) is 1.14. The Morgan fingerprint density at radius 1 is 1.27 bits per heavy atom. The molecule has 0 atom stereocenters. The molecule has 2 aromatic heterocycles. The third-order valence-corrected chi connectivity index (χ3v) is 8.12. The van der Waals surface area contributed by atoms with E-state index in [2.05, 4.69) is 15.3 Å². The Hall–Kier alpha value is -2.06. The number of carbonyl (C=O) groups excluding carboxylic acids is 1. The number of nitrogens with zero attached hydrogens (tertiary/aromatic N) is 6. The molecule has 0 unspecified atom stereocenters. The topological polar surface area (TPSA) is 114 Å². The van der Waals surface area contributed by atoms with Gasteiger partial charge in [-0.2, -0.15) is 9.40 Å². The second kappa shape index (κ2) is 8.23. The number of alkyl halides is 2. The lowest BCUT2D eigenvalue weighted by Gasteiger charge is -2.34. The molecule has 0 aromatic carbocycles. The first kappa shape index (κ1) is 21.2. The fourth-order valence-electron chi connectivity index (χ4n) is 3.19. The molecular formula is C16H20F2N6O4S2. The number of thioether (sulfide) groups is 1. The zero-order valence-corrected chi connectivity index (χ0v) is 17.7. The summed E-state index contributed by atoms with van der Waals surface area (Å²) >= 11 is 1.00. The molecule has 0 bridgehead atoms. The lowest BCUT2D eigenvalue weighted by Crippen LogP contribution is -2.51. The summed E-state index contributed by atoms with van der Waals surface area (Å²) in [6.07, 6.45) is 0.00168. The molecule has 164 valence electrons. The standard InChI is InChI=1S/C16H20F2N6O4S2/c1-22-8-11(13(21-22)14(17)18)15-19-20-16(28-15)29-9-12(25)23-4-6-24(7-5-23)30(26,27)10-2-3-10/h8,10,14H,2-7,9H2,1H3. The fourth-order valence-corrected chi connectivity index (χ4v) is 5.68. The number of rotatable bonds is 7. The maximum Gasteiger partial charge on any atom is 0.282 e. The monoisotopic (exact) mass is 462 g/mol. The van der Waals surface area contributed by atoms with Crippen molar-refractivity contribution in [2.45, 2.75) is 29.7 Å². The molecule has 1 saturated carbocycles. The van der Waals surface area contributed by atoms with Gasteiger partial charge in [-0.15, -0.1) is 10.2 Å². The van der Waals surface area contributed by atoms with Crippen molar-refractivity contribution >= 4 is 27.7 Å². The van der Waals surface area contributed by atoms with Crippen molar-refractivity contribution in [2.75, 3.05) is 31.9 Å². The summed E-state index contributed by atoms with van der Waals surface area (Å²) in [5.74, 6) is -0.253. The lowest BCUT2D eigenvalue weighted by atomic mass is 10.2. The number of carbonyl (C=O) groups is 1. The number of piperazine rings is 1. The molecule has 14 heteroatoms. The van der Waals surface area contributed by atoms with Crippen molar-refractivity contribution in [1.29, 1.82) is 0 Å². The minimum atomic E-state index is -3.23. The van der Waals surface area contributed by atoms with E-state index in [0.29, 0.717) is 25.9 Å². The van der Waals surface area contributed by atoms with Crippen LogP contribution in [0.1, 0.15) is 25.0 Å². The van der Waals surface area contributed by atoms with Gasteiger partial charge in [0.2, 0.25) is 15.9 Å². The third-order valence-electron chi connectivity index (χ3n) is 4.92. The Morgan fingerprint density at radius 2 is 1.97 bits per heavy atom. The highest BCUT2D eigenvalue weighted by Crippen LogP contribution is 2.32. The van der Waals surface area contributed by atoms with Crippen LogP contribution in [0.4, 0.5) is 8.78 Å². The van der Waals surface area contributed by atoms with Crippen LogP contribution in [-0.2, 0) is 21.9 Å². The van der Waals surface area contributed by atoms with E-state index in [1.54, 1.807) is 4.90 Å². The smallest absolute Gasteiger partial charge is 0.282 e. The van der Waals surface area contributed by atoms with Crippen LogP contribution in [0.2, 0.25) is 0 Å². The summed E-state index contributed by atoms with van der Waals surface area (Å²) in [6, 6.07) is 0. The molecule has 2 aromatic rings. The van der Waals surface area contributed by atoms with Crippen LogP contribution in [0.25, 0.3) is 11.5 Å². The molecule has 10 nitrogen and oxygen atoms in total. The van der Waals surface area contributed by atoms with E-state index in [1.165, 1.54) is 22.2 Å². The normalized spacial score (nSPS) is 18.3. The molecule has 2 fully saturated rings. The summed E-state index contributed by atoms with van der Waals surface area (Å²) in [7, 11) is -1.72. The summed E-state index contributed by atoms with van der Waals surface area (Å²) in [5.41, 5.74) is -0.404. The van der Waals surface area contributed by atoms with Gasteiger partial charge >= 0.3 is 0 Å². The first-order valence-corrected chi connectivity index (χ1v) is 11.8. The number of amides is 1. The first-order chi connectivity index (χ1) is 14.3. The van der Waals surface area contributed by atoms with E-state index in [9.17, 15) is 22.0 Å². The Bertz CT molecular complexity index is 1030. The Morgan fingerprint density at radius 3 is 2.60 bits per heavy atom.